The third kappa shape index (κ3) is 2.57. The van der Waals surface area contributed by atoms with Crippen LogP contribution in [-0.4, -0.2) is 24.5 Å². The predicted octanol–water partition coefficient (Wildman–Crippen LogP) is 2.48. The quantitative estimate of drug-likeness (QED) is 0.861. The molecule has 4 nitrogen and oxygen atoms in total. The summed E-state index contributed by atoms with van der Waals surface area (Å²) in [5.74, 6) is 0.784. The summed E-state index contributed by atoms with van der Waals surface area (Å²) in [5.41, 5.74) is 9.78. The van der Waals surface area contributed by atoms with Crippen molar-refractivity contribution < 1.29 is 9.53 Å². The van der Waals surface area contributed by atoms with Gasteiger partial charge in [-0.05, 0) is 47.9 Å². The molecule has 1 amide bonds. The van der Waals surface area contributed by atoms with E-state index in [1.807, 2.05) is 17.0 Å². The maximum atomic E-state index is 12.6. The molecule has 0 radical (unpaired) electrons. The van der Waals surface area contributed by atoms with E-state index in [0.29, 0.717) is 12.1 Å². The lowest BCUT2D eigenvalue weighted by Crippen LogP contribution is -2.36. The Labute approximate surface area is 124 Å². The van der Waals surface area contributed by atoms with E-state index in [1.54, 1.807) is 31.4 Å². The van der Waals surface area contributed by atoms with Gasteiger partial charge in [0.2, 0.25) is 0 Å². The van der Waals surface area contributed by atoms with Crippen LogP contribution in [0.4, 0.5) is 5.69 Å². The number of hydrogen-bond donors (Lipinski definition) is 1. The topological polar surface area (TPSA) is 55.6 Å². The molecule has 0 saturated heterocycles. The lowest BCUT2D eigenvalue weighted by atomic mass is 9.97. The molecule has 1 heterocycles. The first kappa shape index (κ1) is 13.5. The summed E-state index contributed by atoms with van der Waals surface area (Å²) in [7, 11) is 1.61. The molecule has 0 fully saturated rings. The number of nitrogens with zero attached hydrogens (tertiary/aromatic N) is 1. The van der Waals surface area contributed by atoms with Crippen molar-refractivity contribution in [2.75, 3.05) is 19.4 Å². The number of benzene rings is 2. The summed E-state index contributed by atoms with van der Waals surface area (Å²) < 4.78 is 5.12. The van der Waals surface area contributed by atoms with Gasteiger partial charge in [0.1, 0.15) is 5.75 Å². The van der Waals surface area contributed by atoms with Gasteiger partial charge in [-0.25, -0.2) is 0 Å². The minimum atomic E-state index is 0.0338. The molecule has 0 bridgehead atoms. The Morgan fingerprint density at radius 3 is 2.67 bits per heavy atom. The van der Waals surface area contributed by atoms with Crippen LogP contribution >= 0.6 is 0 Å². The van der Waals surface area contributed by atoms with E-state index in [1.165, 1.54) is 5.56 Å². The summed E-state index contributed by atoms with van der Waals surface area (Å²) in [6, 6.07) is 13.1. The van der Waals surface area contributed by atoms with Crippen LogP contribution in [0, 0.1) is 0 Å². The lowest BCUT2D eigenvalue weighted by Gasteiger charge is -2.29. The molecule has 2 aromatic rings. The van der Waals surface area contributed by atoms with Crippen molar-refractivity contribution in [3.63, 3.8) is 0 Å². The zero-order chi connectivity index (χ0) is 14.8. The van der Waals surface area contributed by atoms with Crippen LogP contribution < -0.4 is 10.5 Å². The number of methoxy groups -OCH3 is 1. The molecule has 0 unspecified atom stereocenters. The first-order chi connectivity index (χ1) is 10.2. The van der Waals surface area contributed by atoms with Gasteiger partial charge in [0, 0.05) is 24.3 Å². The third-order valence-electron chi connectivity index (χ3n) is 3.93. The molecular weight excluding hydrogens is 264 g/mol. The van der Waals surface area contributed by atoms with Crippen LogP contribution in [0.1, 0.15) is 21.5 Å². The van der Waals surface area contributed by atoms with Crippen molar-refractivity contribution in [2.24, 2.45) is 0 Å². The van der Waals surface area contributed by atoms with Crippen LogP contribution in [0.25, 0.3) is 0 Å². The number of nitrogen functional groups attached to an aromatic ring is 1. The van der Waals surface area contributed by atoms with Crippen LogP contribution in [0.15, 0.2) is 42.5 Å². The Kier molecular flexibility index (Phi) is 3.52. The van der Waals surface area contributed by atoms with Gasteiger partial charge in [0.15, 0.2) is 0 Å². The van der Waals surface area contributed by atoms with E-state index in [4.69, 9.17) is 10.5 Å². The van der Waals surface area contributed by atoms with Gasteiger partial charge in [0.25, 0.3) is 5.91 Å². The standard InChI is InChI=1S/C17H18N2O2/c1-21-14-7-5-13(6-8-14)17(20)19-10-9-12-3-2-4-16(18)15(12)11-19/h2-8H,9-11,18H2,1H3. The Balaban J connectivity index is 1.81. The highest BCUT2D eigenvalue weighted by molar-refractivity contribution is 5.94. The van der Waals surface area contributed by atoms with Crippen molar-refractivity contribution in [2.45, 2.75) is 13.0 Å². The molecule has 0 aromatic heterocycles. The van der Waals surface area contributed by atoms with Crippen molar-refractivity contribution in [1.29, 1.82) is 0 Å². The molecule has 2 N–H and O–H groups in total. The van der Waals surface area contributed by atoms with E-state index in [2.05, 4.69) is 6.07 Å². The number of rotatable bonds is 2. The van der Waals surface area contributed by atoms with Gasteiger partial charge in [-0.3, -0.25) is 4.79 Å². The number of carbonyl (C=O) groups excluding carboxylic acids is 1. The van der Waals surface area contributed by atoms with E-state index in [0.717, 1.165) is 30.0 Å². The largest absolute Gasteiger partial charge is 0.497 e. The van der Waals surface area contributed by atoms with E-state index in [-0.39, 0.29) is 5.91 Å². The van der Waals surface area contributed by atoms with Gasteiger partial charge >= 0.3 is 0 Å². The SMILES string of the molecule is COc1ccc(C(=O)N2CCc3cccc(N)c3C2)cc1. The normalized spacial score (nSPS) is 13.7. The second-order valence-corrected chi connectivity index (χ2v) is 5.19. The Bertz CT molecular complexity index is 665. The van der Waals surface area contributed by atoms with Crippen LogP contribution in [-0.2, 0) is 13.0 Å². The van der Waals surface area contributed by atoms with Crippen molar-refractivity contribution in [1.82, 2.24) is 4.90 Å². The number of fused-ring (bicyclic) bond motifs is 1. The second-order valence-electron chi connectivity index (χ2n) is 5.19. The fourth-order valence-electron chi connectivity index (χ4n) is 2.70. The number of nitrogens with two attached hydrogens (primary N) is 1. The average molecular weight is 282 g/mol. The van der Waals surface area contributed by atoms with Crippen LogP contribution in [0.5, 0.6) is 5.75 Å². The Morgan fingerprint density at radius 1 is 1.19 bits per heavy atom. The van der Waals surface area contributed by atoms with Crippen molar-refractivity contribution >= 4 is 11.6 Å². The summed E-state index contributed by atoms with van der Waals surface area (Å²) in [4.78, 5) is 14.4. The minimum Gasteiger partial charge on any atom is -0.497 e. The van der Waals surface area contributed by atoms with Gasteiger partial charge in [0.05, 0.1) is 7.11 Å². The molecule has 4 heteroatoms. The van der Waals surface area contributed by atoms with E-state index >= 15 is 0 Å². The average Bonchev–Trinajstić information content (AvgIpc) is 2.54. The van der Waals surface area contributed by atoms with Gasteiger partial charge in [-0.1, -0.05) is 12.1 Å². The fraction of sp³-hybridized carbons (Fsp3) is 0.235. The third-order valence-corrected chi connectivity index (χ3v) is 3.93. The zero-order valence-corrected chi connectivity index (χ0v) is 12.0. The summed E-state index contributed by atoms with van der Waals surface area (Å²) in [6.07, 6.45) is 0.849. The first-order valence-electron chi connectivity index (χ1n) is 6.98. The summed E-state index contributed by atoms with van der Waals surface area (Å²) in [6.45, 7) is 1.30. The number of anilines is 1. The van der Waals surface area contributed by atoms with E-state index < -0.39 is 0 Å². The first-order valence-corrected chi connectivity index (χ1v) is 6.98. The highest BCUT2D eigenvalue weighted by Crippen LogP contribution is 2.25. The maximum absolute atomic E-state index is 12.6. The molecule has 1 aliphatic heterocycles. The fourth-order valence-corrected chi connectivity index (χ4v) is 2.70. The molecule has 0 spiro atoms. The summed E-state index contributed by atoms with van der Waals surface area (Å²) in [5, 5.41) is 0. The monoisotopic (exact) mass is 282 g/mol. The molecule has 108 valence electrons. The number of ether oxygens (including phenoxy) is 1. The van der Waals surface area contributed by atoms with E-state index in [9.17, 15) is 4.79 Å². The summed E-state index contributed by atoms with van der Waals surface area (Å²) >= 11 is 0. The Morgan fingerprint density at radius 2 is 1.95 bits per heavy atom. The molecule has 0 atom stereocenters. The Hall–Kier alpha value is -2.49. The molecule has 21 heavy (non-hydrogen) atoms. The molecule has 3 rings (SSSR count). The molecule has 0 aliphatic carbocycles. The highest BCUT2D eigenvalue weighted by atomic mass is 16.5. The van der Waals surface area contributed by atoms with Crippen LogP contribution in [0.3, 0.4) is 0 Å². The van der Waals surface area contributed by atoms with Crippen molar-refractivity contribution in [3.05, 3.63) is 59.2 Å². The van der Waals surface area contributed by atoms with Crippen LogP contribution in [0.2, 0.25) is 0 Å². The smallest absolute Gasteiger partial charge is 0.254 e. The van der Waals surface area contributed by atoms with Gasteiger partial charge in [-0.15, -0.1) is 0 Å². The van der Waals surface area contributed by atoms with Gasteiger partial charge < -0.3 is 15.4 Å². The highest BCUT2D eigenvalue weighted by Gasteiger charge is 2.22. The number of carbonyl (C=O) groups is 1. The number of amides is 1. The van der Waals surface area contributed by atoms with Gasteiger partial charge in [-0.2, -0.15) is 0 Å². The molecular formula is C17H18N2O2. The minimum absolute atomic E-state index is 0.0338. The molecule has 0 saturated carbocycles. The maximum Gasteiger partial charge on any atom is 0.254 e. The zero-order valence-electron chi connectivity index (χ0n) is 12.0. The predicted molar refractivity (Wildman–Crippen MR) is 82.3 cm³/mol. The lowest BCUT2D eigenvalue weighted by molar-refractivity contribution is 0.0735. The second kappa shape index (κ2) is 5.48. The molecule has 1 aliphatic rings. The number of hydrogen-bond acceptors (Lipinski definition) is 3. The molecule has 2 aromatic carbocycles. The van der Waals surface area contributed by atoms with Crippen molar-refractivity contribution in [3.8, 4) is 5.75 Å².